The van der Waals surface area contributed by atoms with Crippen LogP contribution in [0.4, 0.5) is 17.6 Å². The van der Waals surface area contributed by atoms with Crippen LogP contribution in [0.15, 0.2) is 48.5 Å². The minimum atomic E-state index is -4.80. The van der Waals surface area contributed by atoms with E-state index in [-0.39, 0.29) is 29.4 Å². The predicted molar refractivity (Wildman–Crippen MR) is 92.5 cm³/mol. The van der Waals surface area contributed by atoms with E-state index in [9.17, 15) is 27.2 Å². The fourth-order valence-electron chi connectivity index (χ4n) is 3.23. The van der Waals surface area contributed by atoms with Crippen molar-refractivity contribution in [2.24, 2.45) is 5.92 Å². The summed E-state index contributed by atoms with van der Waals surface area (Å²) in [7, 11) is 0. The fourth-order valence-corrected chi connectivity index (χ4v) is 3.23. The third kappa shape index (κ3) is 4.88. The van der Waals surface area contributed by atoms with Crippen LogP contribution in [-0.2, 0) is 0 Å². The molecule has 4 nitrogen and oxygen atoms in total. The number of Topliss-reactive ketones (excluding diaryl/α,β-unsaturated/α-hetero) is 1. The lowest BCUT2D eigenvalue weighted by atomic mass is 9.89. The van der Waals surface area contributed by atoms with Gasteiger partial charge in [0.05, 0.1) is 0 Å². The number of rotatable bonds is 4. The van der Waals surface area contributed by atoms with Crippen LogP contribution in [0, 0.1) is 11.7 Å². The molecule has 0 aromatic heterocycles. The summed E-state index contributed by atoms with van der Waals surface area (Å²) in [6.45, 7) is 0.613. The van der Waals surface area contributed by atoms with E-state index in [0.29, 0.717) is 19.4 Å². The Labute approximate surface area is 158 Å². The SMILES string of the molecule is O=C(c1cccc(F)c1)[C@H]1CCCN(C(=O)c2ccc(OC(F)(F)F)cc2)C1. The molecule has 0 saturated carbocycles. The summed E-state index contributed by atoms with van der Waals surface area (Å²) >= 11 is 0. The first-order valence-electron chi connectivity index (χ1n) is 8.68. The van der Waals surface area contributed by atoms with Gasteiger partial charge in [0, 0.05) is 30.1 Å². The Bertz CT molecular complexity index is 864. The van der Waals surface area contributed by atoms with Crippen LogP contribution in [-0.4, -0.2) is 36.0 Å². The van der Waals surface area contributed by atoms with Gasteiger partial charge < -0.3 is 9.64 Å². The monoisotopic (exact) mass is 395 g/mol. The minimum Gasteiger partial charge on any atom is -0.406 e. The predicted octanol–water partition coefficient (Wildman–Crippen LogP) is 4.46. The van der Waals surface area contributed by atoms with E-state index in [4.69, 9.17) is 0 Å². The molecule has 0 unspecified atom stereocenters. The maximum absolute atomic E-state index is 13.4. The van der Waals surface area contributed by atoms with Crippen LogP contribution in [0.5, 0.6) is 5.75 Å². The van der Waals surface area contributed by atoms with Crippen molar-refractivity contribution in [2.45, 2.75) is 19.2 Å². The summed E-state index contributed by atoms with van der Waals surface area (Å²) in [4.78, 5) is 26.7. The number of hydrogen-bond donors (Lipinski definition) is 0. The number of ketones is 1. The summed E-state index contributed by atoms with van der Waals surface area (Å²) < 4.78 is 53.8. The van der Waals surface area contributed by atoms with Crippen molar-refractivity contribution in [3.05, 3.63) is 65.5 Å². The Morgan fingerprint density at radius 2 is 1.75 bits per heavy atom. The first-order chi connectivity index (χ1) is 13.2. The molecule has 0 bridgehead atoms. The second kappa shape index (κ2) is 8.00. The van der Waals surface area contributed by atoms with Gasteiger partial charge in [-0.1, -0.05) is 12.1 Å². The van der Waals surface area contributed by atoms with Gasteiger partial charge in [0.2, 0.25) is 0 Å². The molecule has 2 aromatic carbocycles. The van der Waals surface area contributed by atoms with Crippen molar-refractivity contribution in [1.29, 1.82) is 0 Å². The molecule has 2 aromatic rings. The minimum absolute atomic E-state index is 0.176. The first-order valence-corrected chi connectivity index (χ1v) is 8.68. The van der Waals surface area contributed by atoms with E-state index in [2.05, 4.69) is 4.74 Å². The zero-order valence-electron chi connectivity index (χ0n) is 14.7. The zero-order chi connectivity index (χ0) is 20.3. The van der Waals surface area contributed by atoms with Crippen molar-refractivity contribution in [3.63, 3.8) is 0 Å². The van der Waals surface area contributed by atoms with E-state index in [0.717, 1.165) is 12.1 Å². The molecule has 28 heavy (non-hydrogen) atoms. The third-order valence-corrected chi connectivity index (χ3v) is 4.52. The summed E-state index contributed by atoms with van der Waals surface area (Å²) in [5.74, 6) is -1.98. The molecule has 8 heteroatoms. The van der Waals surface area contributed by atoms with Crippen molar-refractivity contribution in [1.82, 2.24) is 4.90 Å². The fraction of sp³-hybridized carbons (Fsp3) is 0.300. The van der Waals surface area contributed by atoms with Gasteiger partial charge in [0.1, 0.15) is 11.6 Å². The summed E-state index contributed by atoms with van der Waals surface area (Å²) in [5.41, 5.74) is 0.460. The Morgan fingerprint density at radius 3 is 2.39 bits per heavy atom. The number of ether oxygens (including phenoxy) is 1. The van der Waals surface area contributed by atoms with E-state index >= 15 is 0 Å². The highest BCUT2D eigenvalue weighted by Crippen LogP contribution is 2.25. The van der Waals surface area contributed by atoms with Gasteiger partial charge in [0.15, 0.2) is 5.78 Å². The van der Waals surface area contributed by atoms with Crippen LogP contribution in [0.25, 0.3) is 0 Å². The lowest BCUT2D eigenvalue weighted by molar-refractivity contribution is -0.274. The lowest BCUT2D eigenvalue weighted by Crippen LogP contribution is -2.42. The largest absolute Gasteiger partial charge is 0.573 e. The quantitative estimate of drug-likeness (QED) is 0.567. The molecule has 3 rings (SSSR count). The number of hydrogen-bond acceptors (Lipinski definition) is 3. The summed E-state index contributed by atoms with van der Waals surface area (Å²) in [6.07, 6.45) is -3.62. The van der Waals surface area contributed by atoms with Crippen LogP contribution >= 0.6 is 0 Å². The lowest BCUT2D eigenvalue weighted by Gasteiger charge is -2.32. The Hall–Kier alpha value is -2.90. The first kappa shape index (κ1) is 19.9. The van der Waals surface area contributed by atoms with Gasteiger partial charge in [-0.05, 0) is 49.2 Å². The molecule has 0 aliphatic carbocycles. The number of benzene rings is 2. The average molecular weight is 395 g/mol. The van der Waals surface area contributed by atoms with Gasteiger partial charge in [-0.3, -0.25) is 9.59 Å². The van der Waals surface area contributed by atoms with Crippen LogP contribution in [0.3, 0.4) is 0 Å². The molecule has 1 saturated heterocycles. The van der Waals surface area contributed by atoms with Crippen molar-refractivity contribution in [3.8, 4) is 5.75 Å². The Balaban J connectivity index is 1.68. The van der Waals surface area contributed by atoms with Gasteiger partial charge in [-0.2, -0.15) is 0 Å². The average Bonchev–Trinajstić information content (AvgIpc) is 2.66. The molecule has 1 heterocycles. The highest BCUT2D eigenvalue weighted by molar-refractivity contribution is 5.99. The molecule has 1 amide bonds. The third-order valence-electron chi connectivity index (χ3n) is 4.52. The smallest absolute Gasteiger partial charge is 0.406 e. The van der Waals surface area contributed by atoms with Gasteiger partial charge in [-0.25, -0.2) is 4.39 Å². The Kier molecular flexibility index (Phi) is 5.67. The molecule has 148 valence electrons. The van der Waals surface area contributed by atoms with Gasteiger partial charge >= 0.3 is 6.36 Å². The number of piperidine rings is 1. The maximum Gasteiger partial charge on any atom is 0.573 e. The molecule has 1 fully saturated rings. The summed E-state index contributed by atoms with van der Waals surface area (Å²) in [6, 6.07) is 10.1. The van der Waals surface area contributed by atoms with Gasteiger partial charge in [0.25, 0.3) is 5.91 Å². The zero-order valence-corrected chi connectivity index (χ0v) is 14.7. The second-order valence-corrected chi connectivity index (χ2v) is 6.54. The molecule has 0 spiro atoms. The molecule has 1 aliphatic rings. The summed E-state index contributed by atoms with van der Waals surface area (Å²) in [5, 5.41) is 0. The Morgan fingerprint density at radius 1 is 1.04 bits per heavy atom. The second-order valence-electron chi connectivity index (χ2n) is 6.54. The number of halogens is 4. The van der Waals surface area contributed by atoms with Crippen molar-refractivity contribution in [2.75, 3.05) is 13.1 Å². The molecule has 0 N–H and O–H groups in total. The van der Waals surface area contributed by atoms with Gasteiger partial charge in [-0.15, -0.1) is 13.2 Å². The number of amides is 1. The number of nitrogens with zero attached hydrogens (tertiary/aromatic N) is 1. The van der Waals surface area contributed by atoms with E-state index in [1.807, 2.05) is 0 Å². The van der Waals surface area contributed by atoms with E-state index in [1.165, 1.54) is 41.3 Å². The highest BCUT2D eigenvalue weighted by Gasteiger charge is 2.32. The highest BCUT2D eigenvalue weighted by atomic mass is 19.4. The van der Waals surface area contributed by atoms with Crippen molar-refractivity contribution >= 4 is 11.7 Å². The maximum atomic E-state index is 13.4. The van der Waals surface area contributed by atoms with Crippen LogP contribution in [0.2, 0.25) is 0 Å². The standard InChI is InChI=1S/C20H17F4NO3/c21-16-5-1-3-14(11-16)18(26)15-4-2-10-25(12-15)19(27)13-6-8-17(9-7-13)28-20(22,23)24/h1,3,5-9,11,15H,2,4,10,12H2/t15-/m0/s1. The van der Waals surface area contributed by atoms with Crippen LogP contribution in [0.1, 0.15) is 33.6 Å². The molecule has 0 radical (unpaired) electrons. The molecular weight excluding hydrogens is 378 g/mol. The van der Waals surface area contributed by atoms with E-state index in [1.54, 1.807) is 0 Å². The molecular formula is C20H17F4NO3. The number of alkyl halides is 3. The topological polar surface area (TPSA) is 46.6 Å². The molecule has 1 atom stereocenters. The van der Waals surface area contributed by atoms with Crippen LogP contribution < -0.4 is 4.74 Å². The normalized spacial score (nSPS) is 17.3. The molecule has 1 aliphatic heterocycles. The number of likely N-dealkylation sites (tertiary alicyclic amines) is 1. The number of carbonyl (C=O) groups excluding carboxylic acids is 2. The number of carbonyl (C=O) groups is 2. The van der Waals surface area contributed by atoms with Crippen molar-refractivity contribution < 1.29 is 31.9 Å². The van der Waals surface area contributed by atoms with E-state index < -0.39 is 23.8 Å².